The summed E-state index contributed by atoms with van der Waals surface area (Å²) in [5.41, 5.74) is 1.18. The molecule has 0 atom stereocenters. The molecular formula is C12H17NO3. The summed E-state index contributed by atoms with van der Waals surface area (Å²) < 4.78 is 0. The molecular weight excluding hydrogens is 206 g/mol. The zero-order chi connectivity index (χ0) is 12.4. The van der Waals surface area contributed by atoms with Crippen molar-refractivity contribution in [3.63, 3.8) is 0 Å². The molecule has 1 rings (SSSR count). The first-order chi connectivity index (χ1) is 7.52. The fourth-order valence-electron chi connectivity index (χ4n) is 0.951. The first kappa shape index (κ1) is 14.2. The quantitative estimate of drug-likeness (QED) is 0.824. The fourth-order valence-corrected chi connectivity index (χ4v) is 0.951. The summed E-state index contributed by atoms with van der Waals surface area (Å²) in [6.45, 7) is 4.43. The number of rotatable bonds is 3. The minimum atomic E-state index is -1.83. The van der Waals surface area contributed by atoms with Gasteiger partial charge in [-0.25, -0.2) is 4.79 Å². The SMILES string of the molecule is CC(C)C/C=C\c1cccnc1.O=C(O)O. The van der Waals surface area contributed by atoms with E-state index in [4.69, 9.17) is 15.0 Å². The molecule has 0 saturated carbocycles. The van der Waals surface area contributed by atoms with E-state index in [2.05, 4.69) is 37.0 Å². The number of hydrogen-bond acceptors (Lipinski definition) is 2. The van der Waals surface area contributed by atoms with Gasteiger partial charge in [0.15, 0.2) is 0 Å². The predicted molar refractivity (Wildman–Crippen MR) is 63.4 cm³/mol. The highest BCUT2D eigenvalue weighted by Crippen LogP contribution is 2.04. The molecule has 2 N–H and O–H groups in total. The highest BCUT2D eigenvalue weighted by atomic mass is 16.6. The van der Waals surface area contributed by atoms with Crippen molar-refractivity contribution < 1.29 is 15.0 Å². The molecule has 0 spiro atoms. The summed E-state index contributed by atoms with van der Waals surface area (Å²) >= 11 is 0. The van der Waals surface area contributed by atoms with E-state index in [-0.39, 0.29) is 0 Å². The molecule has 0 bridgehead atoms. The highest BCUT2D eigenvalue weighted by molar-refractivity contribution is 5.53. The molecule has 0 aromatic carbocycles. The monoisotopic (exact) mass is 223 g/mol. The van der Waals surface area contributed by atoms with Gasteiger partial charge in [0.1, 0.15) is 0 Å². The van der Waals surface area contributed by atoms with Crippen molar-refractivity contribution in [2.75, 3.05) is 0 Å². The summed E-state index contributed by atoms with van der Waals surface area (Å²) in [6, 6.07) is 4.01. The Labute approximate surface area is 95.3 Å². The average molecular weight is 223 g/mol. The Morgan fingerprint density at radius 1 is 1.50 bits per heavy atom. The summed E-state index contributed by atoms with van der Waals surface area (Å²) in [7, 11) is 0. The van der Waals surface area contributed by atoms with Gasteiger partial charge in [-0.15, -0.1) is 0 Å². The molecule has 1 aromatic heterocycles. The number of hydrogen-bond donors (Lipinski definition) is 2. The van der Waals surface area contributed by atoms with E-state index in [0.29, 0.717) is 0 Å². The van der Waals surface area contributed by atoms with Crippen LogP contribution in [-0.4, -0.2) is 21.4 Å². The van der Waals surface area contributed by atoms with Crippen LogP contribution in [0.1, 0.15) is 25.8 Å². The van der Waals surface area contributed by atoms with Gasteiger partial charge in [0.25, 0.3) is 0 Å². The minimum absolute atomic E-state index is 0.734. The van der Waals surface area contributed by atoms with Crippen molar-refractivity contribution in [2.24, 2.45) is 5.92 Å². The lowest BCUT2D eigenvalue weighted by atomic mass is 10.1. The third kappa shape index (κ3) is 10.2. The van der Waals surface area contributed by atoms with Crippen molar-refractivity contribution in [1.29, 1.82) is 0 Å². The smallest absolute Gasteiger partial charge is 0.450 e. The second kappa shape index (κ2) is 8.47. The molecule has 0 radical (unpaired) electrons. The summed E-state index contributed by atoms with van der Waals surface area (Å²) in [6.07, 6.45) is 7.28. The summed E-state index contributed by atoms with van der Waals surface area (Å²) in [4.78, 5) is 12.6. The lowest BCUT2D eigenvalue weighted by Gasteiger charge is -1.96. The molecule has 4 nitrogen and oxygen atoms in total. The highest BCUT2D eigenvalue weighted by Gasteiger charge is 1.87. The number of carbonyl (C=O) groups is 1. The van der Waals surface area contributed by atoms with Crippen LogP contribution in [0, 0.1) is 5.92 Å². The van der Waals surface area contributed by atoms with E-state index < -0.39 is 6.16 Å². The predicted octanol–water partition coefficient (Wildman–Crippen LogP) is 3.36. The Hall–Kier alpha value is -1.84. The van der Waals surface area contributed by atoms with Gasteiger partial charge in [0.05, 0.1) is 0 Å². The molecule has 0 aliphatic carbocycles. The molecule has 88 valence electrons. The van der Waals surface area contributed by atoms with E-state index in [1.165, 1.54) is 5.56 Å². The summed E-state index contributed by atoms with van der Waals surface area (Å²) in [5, 5.41) is 13.9. The zero-order valence-corrected chi connectivity index (χ0v) is 9.50. The van der Waals surface area contributed by atoms with Crippen LogP contribution in [0.3, 0.4) is 0 Å². The van der Waals surface area contributed by atoms with Crippen LogP contribution in [-0.2, 0) is 0 Å². The Balaban J connectivity index is 0.000000487. The third-order valence-corrected chi connectivity index (χ3v) is 1.60. The number of nitrogens with zero attached hydrogens (tertiary/aromatic N) is 1. The zero-order valence-electron chi connectivity index (χ0n) is 9.50. The Morgan fingerprint density at radius 3 is 2.56 bits per heavy atom. The normalized spacial score (nSPS) is 9.94. The molecule has 0 aliphatic heterocycles. The molecule has 16 heavy (non-hydrogen) atoms. The van der Waals surface area contributed by atoms with Gasteiger partial charge in [0, 0.05) is 12.4 Å². The lowest BCUT2D eigenvalue weighted by molar-refractivity contribution is 0.137. The van der Waals surface area contributed by atoms with Gasteiger partial charge in [0.2, 0.25) is 0 Å². The molecule has 0 amide bonds. The molecule has 0 saturated heterocycles. The van der Waals surface area contributed by atoms with Gasteiger partial charge in [-0.1, -0.05) is 32.1 Å². The van der Waals surface area contributed by atoms with Crippen LogP contribution in [0.15, 0.2) is 30.6 Å². The van der Waals surface area contributed by atoms with Gasteiger partial charge in [-0.2, -0.15) is 0 Å². The average Bonchev–Trinajstić information content (AvgIpc) is 2.18. The van der Waals surface area contributed by atoms with Crippen molar-refractivity contribution >= 4 is 12.2 Å². The Kier molecular flexibility index (Phi) is 7.49. The molecule has 0 fully saturated rings. The molecule has 1 heterocycles. The van der Waals surface area contributed by atoms with Crippen LogP contribution >= 0.6 is 0 Å². The maximum absolute atomic E-state index is 8.56. The van der Waals surface area contributed by atoms with Crippen LogP contribution in [0.25, 0.3) is 6.08 Å². The first-order valence-electron chi connectivity index (χ1n) is 5.00. The largest absolute Gasteiger partial charge is 0.503 e. The van der Waals surface area contributed by atoms with Gasteiger partial charge in [-0.05, 0) is 24.0 Å². The minimum Gasteiger partial charge on any atom is -0.450 e. The first-order valence-corrected chi connectivity index (χ1v) is 5.00. The van der Waals surface area contributed by atoms with Crippen molar-refractivity contribution in [3.05, 3.63) is 36.2 Å². The van der Waals surface area contributed by atoms with E-state index in [0.717, 1.165) is 12.3 Å². The molecule has 0 aliphatic rings. The van der Waals surface area contributed by atoms with Crippen molar-refractivity contribution in [3.8, 4) is 0 Å². The molecule has 4 heteroatoms. The van der Waals surface area contributed by atoms with E-state index >= 15 is 0 Å². The Morgan fingerprint density at radius 2 is 2.12 bits per heavy atom. The fraction of sp³-hybridized carbons (Fsp3) is 0.333. The van der Waals surface area contributed by atoms with E-state index in [1.807, 2.05) is 12.3 Å². The lowest BCUT2D eigenvalue weighted by Crippen LogP contribution is -1.81. The molecule has 0 unspecified atom stereocenters. The number of aromatic nitrogens is 1. The number of pyridine rings is 1. The third-order valence-electron chi connectivity index (χ3n) is 1.60. The molecule has 1 aromatic rings. The van der Waals surface area contributed by atoms with E-state index in [9.17, 15) is 0 Å². The number of carboxylic acid groups (broad SMARTS) is 2. The van der Waals surface area contributed by atoms with Crippen LogP contribution in [0.4, 0.5) is 4.79 Å². The van der Waals surface area contributed by atoms with Crippen LogP contribution in [0.5, 0.6) is 0 Å². The maximum atomic E-state index is 8.56. The van der Waals surface area contributed by atoms with Gasteiger partial charge >= 0.3 is 6.16 Å². The van der Waals surface area contributed by atoms with E-state index in [1.54, 1.807) is 6.20 Å². The maximum Gasteiger partial charge on any atom is 0.503 e. The van der Waals surface area contributed by atoms with Crippen molar-refractivity contribution in [1.82, 2.24) is 4.98 Å². The van der Waals surface area contributed by atoms with Crippen LogP contribution < -0.4 is 0 Å². The van der Waals surface area contributed by atoms with Crippen molar-refractivity contribution in [2.45, 2.75) is 20.3 Å². The second-order valence-electron chi connectivity index (χ2n) is 3.60. The standard InChI is InChI=1S/C11H15N.CH2O3/c1-10(2)5-3-6-11-7-4-8-12-9-11;2-1(3)4/h3-4,6-10H,5H2,1-2H3;(H2,2,3,4)/b6-3-;. The number of allylic oxidation sites excluding steroid dienone is 1. The summed E-state index contributed by atoms with van der Waals surface area (Å²) in [5.74, 6) is 0.734. The topological polar surface area (TPSA) is 70.4 Å². The Bertz CT molecular complexity index is 316. The van der Waals surface area contributed by atoms with Gasteiger partial charge < -0.3 is 10.2 Å². The van der Waals surface area contributed by atoms with Gasteiger partial charge in [-0.3, -0.25) is 4.98 Å². The second-order valence-corrected chi connectivity index (χ2v) is 3.60. The van der Waals surface area contributed by atoms with Crippen LogP contribution in [0.2, 0.25) is 0 Å².